The van der Waals surface area contributed by atoms with Crippen LogP contribution in [0.3, 0.4) is 0 Å². The highest BCUT2D eigenvalue weighted by Crippen LogP contribution is 2.29. The summed E-state index contributed by atoms with van der Waals surface area (Å²) >= 11 is 6.16. The van der Waals surface area contributed by atoms with Crippen molar-refractivity contribution in [3.8, 4) is 0 Å². The first kappa shape index (κ1) is 20.7. The molecule has 0 saturated carbocycles. The van der Waals surface area contributed by atoms with E-state index in [1.807, 2.05) is 13.8 Å². The van der Waals surface area contributed by atoms with Crippen LogP contribution in [0.25, 0.3) is 0 Å². The second kappa shape index (κ2) is 9.22. The minimum absolute atomic E-state index is 0. The lowest BCUT2D eigenvalue weighted by Gasteiger charge is -2.27. The fourth-order valence-electron chi connectivity index (χ4n) is 2.16. The average molecular weight is 467 g/mol. The van der Waals surface area contributed by atoms with Gasteiger partial charge in [0.05, 0.1) is 6.54 Å². The van der Waals surface area contributed by atoms with E-state index in [1.54, 1.807) is 19.2 Å². The summed E-state index contributed by atoms with van der Waals surface area (Å²) in [5, 5.41) is 10.6. The number of nitrogens with one attached hydrogen (secondary N) is 2. The van der Waals surface area contributed by atoms with Gasteiger partial charge >= 0.3 is 0 Å². The Balaban J connectivity index is 0.00000288. The Morgan fingerprint density at radius 1 is 1.33 bits per heavy atom. The minimum atomic E-state index is -0.340. The molecule has 0 aliphatic rings. The molecule has 1 aromatic heterocycles. The highest BCUT2D eigenvalue weighted by molar-refractivity contribution is 14.0. The maximum Gasteiger partial charge on any atom is 0.191 e. The molecule has 8 heteroatoms. The maximum atomic E-state index is 13.2. The van der Waals surface area contributed by atoms with Gasteiger partial charge in [0, 0.05) is 30.1 Å². The van der Waals surface area contributed by atoms with E-state index in [0.29, 0.717) is 24.1 Å². The molecule has 2 rings (SSSR count). The zero-order chi connectivity index (χ0) is 16.9. The summed E-state index contributed by atoms with van der Waals surface area (Å²) in [6.45, 7) is 5.15. The first-order chi connectivity index (χ1) is 10.9. The van der Waals surface area contributed by atoms with Crippen molar-refractivity contribution in [2.24, 2.45) is 4.99 Å². The molecule has 0 saturated heterocycles. The van der Waals surface area contributed by atoms with E-state index < -0.39 is 0 Å². The molecule has 0 radical (unpaired) electrons. The van der Waals surface area contributed by atoms with Crippen LogP contribution in [0, 0.1) is 5.82 Å². The smallest absolute Gasteiger partial charge is 0.191 e. The molecule has 0 spiro atoms. The Kier molecular flexibility index (Phi) is 7.95. The number of benzene rings is 1. The van der Waals surface area contributed by atoms with E-state index in [0.717, 1.165) is 11.3 Å². The molecule has 0 bridgehead atoms. The van der Waals surface area contributed by atoms with Gasteiger partial charge in [-0.05, 0) is 17.7 Å². The Hall–Kier alpha value is -1.35. The zero-order valence-electron chi connectivity index (χ0n) is 13.8. The van der Waals surface area contributed by atoms with Crippen LogP contribution >= 0.6 is 35.6 Å². The summed E-state index contributed by atoms with van der Waals surface area (Å²) < 4.78 is 18.0. The summed E-state index contributed by atoms with van der Waals surface area (Å²) in [6.07, 6.45) is 1.52. The fourth-order valence-corrected chi connectivity index (χ4v) is 2.58. The molecule has 0 aliphatic heterocycles. The van der Waals surface area contributed by atoms with Gasteiger partial charge < -0.3 is 15.2 Å². The highest BCUT2D eigenvalue weighted by Gasteiger charge is 2.24. The number of aliphatic imine (C=N–C) groups is 1. The molecule has 0 unspecified atom stereocenters. The molecule has 2 aromatic rings. The maximum absolute atomic E-state index is 13.2. The monoisotopic (exact) mass is 466 g/mol. The van der Waals surface area contributed by atoms with Crippen molar-refractivity contribution in [3.05, 3.63) is 52.6 Å². The van der Waals surface area contributed by atoms with Gasteiger partial charge in [-0.15, -0.1) is 24.0 Å². The van der Waals surface area contributed by atoms with E-state index >= 15 is 0 Å². The topological polar surface area (TPSA) is 62.5 Å². The molecule has 5 nitrogen and oxygen atoms in total. The normalized spacial score (nSPS) is 11.8. The molecule has 0 atom stereocenters. The average Bonchev–Trinajstić information content (AvgIpc) is 3.00. The van der Waals surface area contributed by atoms with E-state index in [4.69, 9.17) is 16.1 Å². The lowest BCUT2D eigenvalue weighted by atomic mass is 9.84. The van der Waals surface area contributed by atoms with Crippen LogP contribution in [0.5, 0.6) is 0 Å². The van der Waals surface area contributed by atoms with E-state index in [2.05, 4.69) is 20.8 Å². The van der Waals surface area contributed by atoms with Gasteiger partial charge in [-0.1, -0.05) is 36.7 Å². The Morgan fingerprint density at radius 3 is 2.67 bits per heavy atom. The predicted molar refractivity (Wildman–Crippen MR) is 105 cm³/mol. The van der Waals surface area contributed by atoms with Gasteiger partial charge in [0.15, 0.2) is 5.96 Å². The molecule has 1 heterocycles. The lowest BCUT2D eigenvalue weighted by Crippen LogP contribution is -2.43. The number of nitrogens with zero attached hydrogens (tertiary/aromatic N) is 2. The number of guanidine groups is 1. The molecule has 0 aliphatic carbocycles. The van der Waals surface area contributed by atoms with E-state index in [1.165, 1.54) is 18.4 Å². The Morgan fingerprint density at radius 2 is 2.08 bits per heavy atom. The molecule has 24 heavy (non-hydrogen) atoms. The first-order valence-corrected chi connectivity index (χ1v) is 7.59. The van der Waals surface area contributed by atoms with Crippen molar-refractivity contribution in [1.82, 2.24) is 15.8 Å². The van der Waals surface area contributed by atoms with E-state index in [9.17, 15) is 4.39 Å². The van der Waals surface area contributed by atoms with Crippen molar-refractivity contribution in [2.45, 2.75) is 25.8 Å². The number of rotatable bonds is 5. The third kappa shape index (κ3) is 5.62. The van der Waals surface area contributed by atoms with Gasteiger partial charge in [0.1, 0.15) is 17.8 Å². The van der Waals surface area contributed by atoms with Gasteiger partial charge in [-0.3, -0.25) is 4.99 Å². The number of hydrogen-bond donors (Lipinski definition) is 2. The zero-order valence-corrected chi connectivity index (χ0v) is 16.9. The summed E-state index contributed by atoms with van der Waals surface area (Å²) in [5.41, 5.74) is 1.37. The standard InChI is InChI=1S/C16H20ClFN4O.HI/c1-16(2,13-5-4-11(18)8-14(13)17)10-21-15(19-3)20-9-12-6-7-23-22-12;/h4-8H,9-10H2,1-3H3,(H2,19,20,21);1H. The number of hydrogen-bond acceptors (Lipinski definition) is 3. The van der Waals surface area contributed by atoms with Crippen molar-refractivity contribution >= 4 is 41.5 Å². The van der Waals surface area contributed by atoms with Gasteiger partial charge in [0.25, 0.3) is 0 Å². The van der Waals surface area contributed by atoms with Crippen LogP contribution in [0.1, 0.15) is 25.1 Å². The van der Waals surface area contributed by atoms with Crippen molar-refractivity contribution in [2.75, 3.05) is 13.6 Å². The number of halogens is 3. The van der Waals surface area contributed by atoms with Crippen LogP contribution in [-0.4, -0.2) is 24.7 Å². The second-order valence-corrected chi connectivity index (χ2v) is 6.19. The van der Waals surface area contributed by atoms with Crippen LogP contribution < -0.4 is 10.6 Å². The molecule has 2 N–H and O–H groups in total. The molecule has 0 fully saturated rings. The predicted octanol–water partition coefficient (Wildman–Crippen LogP) is 3.73. The van der Waals surface area contributed by atoms with Crippen LogP contribution in [-0.2, 0) is 12.0 Å². The van der Waals surface area contributed by atoms with Crippen LogP contribution in [0.15, 0.2) is 40.0 Å². The first-order valence-electron chi connectivity index (χ1n) is 7.21. The Bertz CT molecular complexity index is 677. The van der Waals surface area contributed by atoms with Crippen LogP contribution in [0.4, 0.5) is 4.39 Å². The molecular formula is C16H21ClFIN4O. The summed E-state index contributed by atoms with van der Waals surface area (Å²) in [7, 11) is 1.69. The Labute approximate surface area is 163 Å². The van der Waals surface area contributed by atoms with Crippen molar-refractivity contribution in [1.29, 1.82) is 0 Å². The largest absolute Gasteiger partial charge is 0.364 e. The molecule has 1 aromatic carbocycles. The fraction of sp³-hybridized carbons (Fsp3) is 0.375. The van der Waals surface area contributed by atoms with Crippen molar-refractivity contribution < 1.29 is 8.91 Å². The molecule has 132 valence electrons. The third-order valence-corrected chi connectivity index (χ3v) is 3.82. The summed E-state index contributed by atoms with van der Waals surface area (Å²) in [4.78, 5) is 4.16. The molecule has 0 amide bonds. The van der Waals surface area contributed by atoms with Gasteiger partial charge in [-0.25, -0.2) is 4.39 Å². The lowest BCUT2D eigenvalue weighted by molar-refractivity contribution is 0.410. The van der Waals surface area contributed by atoms with Crippen LogP contribution in [0.2, 0.25) is 5.02 Å². The number of aromatic nitrogens is 1. The third-order valence-electron chi connectivity index (χ3n) is 3.51. The second-order valence-electron chi connectivity index (χ2n) is 5.78. The van der Waals surface area contributed by atoms with Gasteiger partial charge in [-0.2, -0.15) is 0 Å². The summed E-state index contributed by atoms with van der Waals surface area (Å²) in [6, 6.07) is 6.24. The summed E-state index contributed by atoms with van der Waals surface area (Å²) in [5.74, 6) is 0.298. The van der Waals surface area contributed by atoms with E-state index in [-0.39, 0.29) is 35.2 Å². The minimum Gasteiger partial charge on any atom is -0.364 e. The highest BCUT2D eigenvalue weighted by atomic mass is 127. The SMILES string of the molecule is CN=C(NCc1ccon1)NCC(C)(C)c1ccc(F)cc1Cl.I. The van der Waals surface area contributed by atoms with Crippen molar-refractivity contribution in [3.63, 3.8) is 0 Å². The molecular weight excluding hydrogens is 446 g/mol. The van der Waals surface area contributed by atoms with Gasteiger partial charge in [0.2, 0.25) is 0 Å². The quantitative estimate of drug-likeness (QED) is 0.400.